The Hall–Kier alpha value is -2.74. The maximum Gasteiger partial charge on any atom is 0.273 e. The minimum absolute atomic E-state index is 0.229. The SMILES string of the molecule is CCNC(=O)c1nnn(-c2ccc(C)cc2)c1CSc1nc(C)cc(C)n1. The molecule has 3 rings (SSSR count). The summed E-state index contributed by atoms with van der Waals surface area (Å²) in [4.78, 5) is 21.3. The molecule has 0 unspecified atom stereocenters. The largest absolute Gasteiger partial charge is 0.351 e. The first kappa shape index (κ1) is 19.0. The Morgan fingerprint density at radius 3 is 2.41 bits per heavy atom. The van der Waals surface area contributed by atoms with Crippen molar-refractivity contribution in [1.82, 2.24) is 30.3 Å². The first-order valence-electron chi connectivity index (χ1n) is 8.73. The predicted molar refractivity (Wildman–Crippen MR) is 105 cm³/mol. The summed E-state index contributed by atoms with van der Waals surface area (Å²) in [5.41, 5.74) is 4.90. The van der Waals surface area contributed by atoms with Crippen LogP contribution in [0.15, 0.2) is 35.5 Å². The number of benzene rings is 1. The number of hydrogen-bond acceptors (Lipinski definition) is 6. The molecule has 0 aliphatic carbocycles. The number of carbonyl (C=O) groups is 1. The van der Waals surface area contributed by atoms with Gasteiger partial charge in [-0.1, -0.05) is 34.7 Å². The van der Waals surface area contributed by atoms with E-state index in [1.807, 2.05) is 58.0 Å². The number of hydrogen-bond donors (Lipinski definition) is 1. The van der Waals surface area contributed by atoms with Gasteiger partial charge in [-0.2, -0.15) is 0 Å². The fraction of sp³-hybridized carbons (Fsp3) is 0.316. The van der Waals surface area contributed by atoms with Crippen LogP contribution in [-0.2, 0) is 5.75 Å². The van der Waals surface area contributed by atoms with Gasteiger partial charge >= 0.3 is 0 Å². The van der Waals surface area contributed by atoms with Gasteiger partial charge in [0, 0.05) is 23.7 Å². The molecular weight excluding hydrogens is 360 g/mol. The topological polar surface area (TPSA) is 85.6 Å². The van der Waals surface area contributed by atoms with Crippen molar-refractivity contribution >= 4 is 17.7 Å². The Bertz CT molecular complexity index is 931. The van der Waals surface area contributed by atoms with Gasteiger partial charge in [0.15, 0.2) is 10.9 Å². The van der Waals surface area contributed by atoms with E-state index < -0.39 is 0 Å². The molecule has 140 valence electrons. The maximum absolute atomic E-state index is 12.4. The molecule has 0 atom stereocenters. The number of aryl methyl sites for hydroxylation is 3. The smallest absolute Gasteiger partial charge is 0.273 e. The fourth-order valence-electron chi connectivity index (χ4n) is 2.64. The standard InChI is InChI=1S/C19H22N6OS/c1-5-20-18(26)17-16(11-27-19-21-13(3)10-14(4)22-19)25(24-23-17)15-8-6-12(2)7-9-15/h6-10H,5,11H2,1-4H3,(H,20,26). The van der Waals surface area contributed by atoms with Gasteiger partial charge in [0.1, 0.15) is 0 Å². The summed E-state index contributed by atoms with van der Waals surface area (Å²) in [5, 5.41) is 11.8. The molecule has 2 heterocycles. The van der Waals surface area contributed by atoms with E-state index in [0.29, 0.717) is 23.1 Å². The third kappa shape index (κ3) is 4.51. The molecule has 0 spiro atoms. The van der Waals surface area contributed by atoms with Crippen LogP contribution in [0.25, 0.3) is 5.69 Å². The van der Waals surface area contributed by atoms with Crippen molar-refractivity contribution < 1.29 is 4.79 Å². The van der Waals surface area contributed by atoms with E-state index in [0.717, 1.165) is 28.3 Å². The van der Waals surface area contributed by atoms with Crippen LogP contribution in [0.4, 0.5) is 0 Å². The quantitative estimate of drug-likeness (QED) is 0.521. The molecule has 1 N–H and O–H groups in total. The molecule has 0 radical (unpaired) electrons. The van der Waals surface area contributed by atoms with Crippen LogP contribution in [0.3, 0.4) is 0 Å². The highest BCUT2D eigenvalue weighted by Gasteiger charge is 2.21. The lowest BCUT2D eigenvalue weighted by Gasteiger charge is -2.09. The summed E-state index contributed by atoms with van der Waals surface area (Å²) >= 11 is 1.47. The van der Waals surface area contributed by atoms with Crippen LogP contribution in [0.5, 0.6) is 0 Å². The predicted octanol–water partition coefficient (Wildman–Crippen LogP) is 3.02. The van der Waals surface area contributed by atoms with Gasteiger partial charge in [0.25, 0.3) is 5.91 Å². The van der Waals surface area contributed by atoms with Gasteiger partial charge in [-0.15, -0.1) is 5.10 Å². The molecule has 8 heteroatoms. The molecule has 27 heavy (non-hydrogen) atoms. The number of thioether (sulfide) groups is 1. The third-order valence-corrected chi connectivity index (χ3v) is 4.75. The summed E-state index contributed by atoms with van der Waals surface area (Å²) in [6.07, 6.45) is 0. The van der Waals surface area contributed by atoms with Gasteiger partial charge in [-0.25, -0.2) is 14.6 Å². The summed E-state index contributed by atoms with van der Waals surface area (Å²) in [7, 11) is 0. The number of aromatic nitrogens is 5. The summed E-state index contributed by atoms with van der Waals surface area (Å²) in [6, 6.07) is 9.88. The average Bonchev–Trinajstić information content (AvgIpc) is 3.04. The molecule has 1 amide bonds. The summed E-state index contributed by atoms with van der Waals surface area (Å²) in [6.45, 7) is 8.32. The molecule has 2 aromatic heterocycles. The van der Waals surface area contributed by atoms with E-state index in [1.54, 1.807) is 4.68 Å². The normalized spacial score (nSPS) is 10.8. The van der Waals surface area contributed by atoms with Crippen LogP contribution in [-0.4, -0.2) is 37.4 Å². The Morgan fingerprint density at radius 1 is 1.11 bits per heavy atom. The van der Waals surface area contributed by atoms with Gasteiger partial charge in [0.05, 0.1) is 11.4 Å². The minimum atomic E-state index is -0.229. The highest BCUT2D eigenvalue weighted by molar-refractivity contribution is 7.98. The second-order valence-corrected chi connectivity index (χ2v) is 7.16. The van der Waals surface area contributed by atoms with E-state index in [1.165, 1.54) is 11.8 Å². The maximum atomic E-state index is 12.4. The van der Waals surface area contributed by atoms with Crippen molar-refractivity contribution in [3.05, 3.63) is 58.7 Å². The molecule has 0 aliphatic rings. The first-order chi connectivity index (χ1) is 13.0. The van der Waals surface area contributed by atoms with Crippen LogP contribution in [0, 0.1) is 20.8 Å². The summed E-state index contributed by atoms with van der Waals surface area (Å²) < 4.78 is 1.71. The van der Waals surface area contributed by atoms with Crippen molar-refractivity contribution in [3.63, 3.8) is 0 Å². The monoisotopic (exact) mass is 382 g/mol. The zero-order valence-corrected chi connectivity index (χ0v) is 16.7. The van der Waals surface area contributed by atoms with E-state index >= 15 is 0 Å². The molecular formula is C19H22N6OS. The zero-order chi connectivity index (χ0) is 19.4. The highest BCUT2D eigenvalue weighted by Crippen LogP contribution is 2.23. The molecule has 3 aromatic rings. The third-order valence-electron chi connectivity index (χ3n) is 3.89. The number of nitrogens with zero attached hydrogens (tertiary/aromatic N) is 5. The molecule has 0 fully saturated rings. The number of amides is 1. The van der Waals surface area contributed by atoms with Crippen molar-refractivity contribution in [2.24, 2.45) is 0 Å². The van der Waals surface area contributed by atoms with Crippen molar-refractivity contribution in [2.45, 2.75) is 38.6 Å². The van der Waals surface area contributed by atoms with Crippen LogP contribution in [0.1, 0.15) is 40.1 Å². The van der Waals surface area contributed by atoms with Crippen molar-refractivity contribution in [1.29, 1.82) is 0 Å². The summed E-state index contributed by atoms with van der Waals surface area (Å²) in [5.74, 6) is 0.253. The Kier molecular flexibility index (Phi) is 5.85. The van der Waals surface area contributed by atoms with Crippen molar-refractivity contribution in [3.8, 4) is 5.69 Å². The van der Waals surface area contributed by atoms with Gasteiger partial charge in [-0.05, 0) is 45.9 Å². The number of carbonyl (C=O) groups excluding carboxylic acids is 1. The number of rotatable bonds is 6. The van der Waals surface area contributed by atoms with Crippen LogP contribution in [0.2, 0.25) is 0 Å². The lowest BCUT2D eigenvalue weighted by atomic mass is 10.2. The molecule has 0 saturated heterocycles. The molecule has 0 saturated carbocycles. The van der Waals surface area contributed by atoms with Gasteiger partial charge < -0.3 is 5.32 Å². The molecule has 0 aliphatic heterocycles. The Labute approximate surface area is 162 Å². The van der Waals surface area contributed by atoms with E-state index in [-0.39, 0.29) is 5.91 Å². The minimum Gasteiger partial charge on any atom is -0.351 e. The fourth-order valence-corrected chi connectivity index (χ4v) is 3.58. The average molecular weight is 382 g/mol. The Morgan fingerprint density at radius 2 is 1.78 bits per heavy atom. The van der Waals surface area contributed by atoms with E-state index in [4.69, 9.17) is 0 Å². The lowest BCUT2D eigenvalue weighted by Crippen LogP contribution is -2.24. The highest BCUT2D eigenvalue weighted by atomic mass is 32.2. The molecule has 7 nitrogen and oxygen atoms in total. The van der Waals surface area contributed by atoms with Gasteiger partial charge in [0.2, 0.25) is 0 Å². The molecule has 0 bridgehead atoms. The first-order valence-corrected chi connectivity index (χ1v) is 9.71. The van der Waals surface area contributed by atoms with E-state index in [2.05, 4.69) is 25.6 Å². The second kappa shape index (κ2) is 8.30. The van der Waals surface area contributed by atoms with Crippen molar-refractivity contribution in [2.75, 3.05) is 6.54 Å². The van der Waals surface area contributed by atoms with Crippen LogP contribution >= 0.6 is 11.8 Å². The molecule has 1 aromatic carbocycles. The van der Waals surface area contributed by atoms with Gasteiger partial charge in [-0.3, -0.25) is 4.79 Å². The Balaban J connectivity index is 1.95. The number of nitrogens with one attached hydrogen (secondary N) is 1. The van der Waals surface area contributed by atoms with Crippen LogP contribution < -0.4 is 5.32 Å². The van der Waals surface area contributed by atoms with E-state index in [9.17, 15) is 4.79 Å². The zero-order valence-electron chi connectivity index (χ0n) is 15.9. The second-order valence-electron chi connectivity index (χ2n) is 6.21. The lowest BCUT2D eigenvalue weighted by molar-refractivity contribution is 0.0950.